The van der Waals surface area contributed by atoms with Crippen molar-refractivity contribution in [3.8, 4) is 0 Å². The number of benzene rings is 1. The van der Waals surface area contributed by atoms with Gasteiger partial charge in [0.25, 0.3) is 0 Å². The fraction of sp³-hybridized carbons (Fsp3) is 0.462. The second-order valence-electron chi connectivity index (χ2n) is 4.81. The summed E-state index contributed by atoms with van der Waals surface area (Å²) in [6, 6.07) is 9.16. The first-order valence-corrected chi connectivity index (χ1v) is 5.80. The lowest BCUT2D eigenvalue weighted by Crippen LogP contribution is -2.44. The molecule has 84 valence electrons. The number of carbonyl (C=O) groups is 1. The summed E-state index contributed by atoms with van der Waals surface area (Å²) in [6.07, 6.45) is 2.20. The molecule has 0 radical (unpaired) electrons. The summed E-state index contributed by atoms with van der Waals surface area (Å²) in [5.74, 6) is 0. The number of likely N-dealkylation sites (tertiary alicyclic amines) is 1. The molecule has 2 bridgehead atoms. The van der Waals surface area contributed by atoms with Crippen LogP contribution in [0.4, 0.5) is 5.69 Å². The molecule has 2 saturated heterocycles. The van der Waals surface area contributed by atoms with Gasteiger partial charge in [-0.3, -0.25) is 9.69 Å². The molecule has 0 N–H and O–H groups in total. The van der Waals surface area contributed by atoms with Crippen LogP contribution < -0.4 is 4.90 Å². The molecule has 3 rings (SSSR count). The van der Waals surface area contributed by atoms with Gasteiger partial charge in [-0.2, -0.15) is 0 Å². The lowest BCUT2D eigenvalue weighted by molar-refractivity contribution is 0.112. The summed E-state index contributed by atoms with van der Waals surface area (Å²) in [6.45, 7) is 2.18. The number of hydrogen-bond acceptors (Lipinski definition) is 3. The van der Waals surface area contributed by atoms with Gasteiger partial charge in [0.15, 0.2) is 6.29 Å². The summed E-state index contributed by atoms with van der Waals surface area (Å²) < 4.78 is 0. The largest absolute Gasteiger partial charge is 0.365 e. The predicted molar refractivity (Wildman–Crippen MR) is 64.0 cm³/mol. The molecule has 0 amide bonds. The SMILES string of the molecule is CN1CC2CC1CN2c1ccccc1C=O. The van der Waals surface area contributed by atoms with Crippen molar-refractivity contribution < 1.29 is 4.79 Å². The first-order valence-electron chi connectivity index (χ1n) is 5.80. The van der Waals surface area contributed by atoms with Gasteiger partial charge in [-0.15, -0.1) is 0 Å². The van der Waals surface area contributed by atoms with Gasteiger partial charge in [0, 0.05) is 36.4 Å². The molecule has 2 atom stereocenters. The summed E-state index contributed by atoms with van der Waals surface area (Å²) in [5.41, 5.74) is 1.93. The zero-order valence-corrected chi connectivity index (χ0v) is 9.47. The number of carbonyl (C=O) groups excluding carboxylic acids is 1. The normalized spacial score (nSPS) is 28.7. The fourth-order valence-corrected chi connectivity index (χ4v) is 3.01. The van der Waals surface area contributed by atoms with E-state index in [9.17, 15) is 4.79 Å². The van der Waals surface area contributed by atoms with Crippen molar-refractivity contribution in [3.05, 3.63) is 29.8 Å². The fourth-order valence-electron chi connectivity index (χ4n) is 3.01. The summed E-state index contributed by atoms with van der Waals surface area (Å²) in [7, 11) is 2.19. The van der Waals surface area contributed by atoms with E-state index in [1.807, 2.05) is 18.2 Å². The number of piperazine rings is 1. The van der Waals surface area contributed by atoms with Crippen LogP contribution in [0.1, 0.15) is 16.8 Å². The van der Waals surface area contributed by atoms with E-state index in [1.54, 1.807) is 0 Å². The first-order chi connectivity index (χ1) is 7.79. The highest BCUT2D eigenvalue weighted by Crippen LogP contribution is 2.34. The van der Waals surface area contributed by atoms with E-state index in [-0.39, 0.29) is 0 Å². The van der Waals surface area contributed by atoms with Crippen LogP contribution in [-0.4, -0.2) is 43.4 Å². The molecule has 1 aromatic carbocycles. The van der Waals surface area contributed by atoms with Crippen LogP contribution in [0, 0.1) is 0 Å². The maximum Gasteiger partial charge on any atom is 0.152 e. The Morgan fingerprint density at radius 3 is 2.69 bits per heavy atom. The Morgan fingerprint density at radius 1 is 1.25 bits per heavy atom. The Bertz CT molecular complexity index is 416. The third-order valence-electron chi connectivity index (χ3n) is 3.89. The van der Waals surface area contributed by atoms with Gasteiger partial charge >= 0.3 is 0 Å². The molecular formula is C13H16N2O. The van der Waals surface area contributed by atoms with E-state index in [0.29, 0.717) is 12.1 Å². The van der Waals surface area contributed by atoms with E-state index in [0.717, 1.165) is 30.6 Å². The Balaban J connectivity index is 1.92. The lowest BCUT2D eigenvalue weighted by Gasteiger charge is -2.34. The number of likely N-dealkylation sites (N-methyl/N-ethyl adjacent to an activating group) is 1. The molecule has 3 heteroatoms. The average molecular weight is 216 g/mol. The smallest absolute Gasteiger partial charge is 0.152 e. The molecule has 0 aromatic heterocycles. The second kappa shape index (κ2) is 3.59. The van der Waals surface area contributed by atoms with Crippen LogP contribution in [0.5, 0.6) is 0 Å². The van der Waals surface area contributed by atoms with E-state index in [4.69, 9.17) is 0 Å². The topological polar surface area (TPSA) is 23.6 Å². The average Bonchev–Trinajstić information content (AvgIpc) is 2.87. The molecule has 2 aliphatic heterocycles. The molecule has 2 heterocycles. The van der Waals surface area contributed by atoms with Crippen molar-refractivity contribution >= 4 is 12.0 Å². The molecule has 2 aliphatic rings. The molecule has 0 aliphatic carbocycles. The van der Waals surface area contributed by atoms with Gasteiger partial charge in [-0.1, -0.05) is 12.1 Å². The third-order valence-corrected chi connectivity index (χ3v) is 3.89. The molecule has 0 saturated carbocycles. The molecule has 3 nitrogen and oxygen atoms in total. The van der Waals surface area contributed by atoms with Crippen LogP contribution in [-0.2, 0) is 0 Å². The maximum atomic E-state index is 11.0. The Labute approximate surface area is 95.7 Å². The van der Waals surface area contributed by atoms with Crippen molar-refractivity contribution in [2.24, 2.45) is 0 Å². The molecule has 1 aromatic rings. The number of nitrogens with zero attached hydrogens (tertiary/aromatic N) is 2. The zero-order chi connectivity index (χ0) is 11.1. The quantitative estimate of drug-likeness (QED) is 0.698. The molecule has 2 fully saturated rings. The van der Waals surface area contributed by atoms with Crippen molar-refractivity contribution in [2.75, 3.05) is 25.0 Å². The van der Waals surface area contributed by atoms with Crippen LogP contribution >= 0.6 is 0 Å². The molecule has 16 heavy (non-hydrogen) atoms. The van der Waals surface area contributed by atoms with Crippen LogP contribution in [0.15, 0.2) is 24.3 Å². The second-order valence-corrected chi connectivity index (χ2v) is 4.81. The van der Waals surface area contributed by atoms with Crippen molar-refractivity contribution in [1.29, 1.82) is 0 Å². The highest BCUT2D eigenvalue weighted by atomic mass is 16.1. The number of rotatable bonds is 2. The molecule has 0 spiro atoms. The minimum atomic E-state index is 0.594. The van der Waals surface area contributed by atoms with E-state index >= 15 is 0 Å². The van der Waals surface area contributed by atoms with Gasteiger partial charge in [0.2, 0.25) is 0 Å². The minimum absolute atomic E-state index is 0.594. The summed E-state index contributed by atoms with van der Waals surface area (Å²) >= 11 is 0. The number of fused-ring (bicyclic) bond motifs is 2. The molecular weight excluding hydrogens is 200 g/mol. The monoisotopic (exact) mass is 216 g/mol. The summed E-state index contributed by atoms with van der Waals surface area (Å²) in [4.78, 5) is 15.8. The Morgan fingerprint density at radius 2 is 2.06 bits per heavy atom. The van der Waals surface area contributed by atoms with Gasteiger partial charge < -0.3 is 4.90 Å². The first kappa shape index (κ1) is 9.85. The highest BCUT2D eigenvalue weighted by Gasteiger charge is 2.41. The standard InChI is InChI=1S/C13H16N2O/c1-14-7-12-6-11(14)8-15(12)13-5-3-2-4-10(13)9-16/h2-5,9,11-12H,6-8H2,1H3. The van der Waals surface area contributed by atoms with Gasteiger partial charge in [-0.25, -0.2) is 0 Å². The number of para-hydroxylation sites is 1. The Kier molecular flexibility index (Phi) is 2.21. The van der Waals surface area contributed by atoms with E-state index in [2.05, 4.69) is 22.9 Å². The third kappa shape index (κ3) is 1.35. The van der Waals surface area contributed by atoms with Gasteiger partial charge in [-0.05, 0) is 25.6 Å². The summed E-state index contributed by atoms with van der Waals surface area (Å²) in [5, 5.41) is 0. The number of anilines is 1. The van der Waals surface area contributed by atoms with Crippen molar-refractivity contribution in [3.63, 3.8) is 0 Å². The lowest BCUT2D eigenvalue weighted by atomic mass is 10.1. The predicted octanol–water partition coefficient (Wildman–Crippen LogP) is 1.39. The number of aldehydes is 1. The maximum absolute atomic E-state index is 11.0. The molecule has 2 unspecified atom stereocenters. The van der Waals surface area contributed by atoms with Gasteiger partial charge in [0.1, 0.15) is 0 Å². The van der Waals surface area contributed by atoms with Gasteiger partial charge in [0.05, 0.1) is 0 Å². The van der Waals surface area contributed by atoms with Crippen LogP contribution in [0.25, 0.3) is 0 Å². The minimum Gasteiger partial charge on any atom is -0.365 e. The van der Waals surface area contributed by atoms with Crippen LogP contribution in [0.3, 0.4) is 0 Å². The van der Waals surface area contributed by atoms with Crippen molar-refractivity contribution in [1.82, 2.24) is 4.90 Å². The number of hydrogen-bond donors (Lipinski definition) is 0. The van der Waals surface area contributed by atoms with E-state index < -0.39 is 0 Å². The zero-order valence-electron chi connectivity index (χ0n) is 9.47. The highest BCUT2D eigenvalue weighted by molar-refractivity contribution is 5.84. The van der Waals surface area contributed by atoms with Crippen LogP contribution in [0.2, 0.25) is 0 Å². The Hall–Kier alpha value is -1.35. The van der Waals surface area contributed by atoms with Crippen molar-refractivity contribution in [2.45, 2.75) is 18.5 Å². The van der Waals surface area contributed by atoms with E-state index in [1.165, 1.54) is 6.42 Å².